The molecule has 0 bridgehead atoms. The minimum Gasteiger partial charge on any atom is -0.465 e. The van der Waals surface area contributed by atoms with Gasteiger partial charge in [0.2, 0.25) is 0 Å². The molecule has 5 heteroatoms. The third-order valence-electron chi connectivity index (χ3n) is 3.76. The zero-order valence-corrected chi connectivity index (χ0v) is 12.3. The molecule has 1 aliphatic rings. The summed E-state index contributed by atoms with van der Waals surface area (Å²) >= 11 is 0. The van der Waals surface area contributed by atoms with Crippen LogP contribution < -0.4 is 5.32 Å². The van der Waals surface area contributed by atoms with E-state index >= 15 is 0 Å². The number of ether oxygens (including phenoxy) is 1. The molecule has 5 nitrogen and oxygen atoms in total. The molecular weight excluding hydrogens is 230 g/mol. The van der Waals surface area contributed by atoms with E-state index in [4.69, 9.17) is 4.74 Å². The third kappa shape index (κ3) is 3.93. The molecule has 1 rings (SSSR count). The first-order valence-corrected chi connectivity index (χ1v) is 6.68. The van der Waals surface area contributed by atoms with Crippen LogP contribution in [0.4, 0.5) is 0 Å². The lowest BCUT2D eigenvalue weighted by molar-refractivity contribution is -0.146. The summed E-state index contributed by atoms with van der Waals surface area (Å²) in [7, 11) is 3.96. The second kappa shape index (κ2) is 6.50. The lowest BCUT2D eigenvalue weighted by atomic mass is 9.99. The van der Waals surface area contributed by atoms with Crippen LogP contribution in [0.3, 0.4) is 0 Å². The van der Waals surface area contributed by atoms with Crippen LogP contribution in [0, 0.1) is 0 Å². The number of rotatable bonds is 5. The molecule has 1 fully saturated rings. The van der Waals surface area contributed by atoms with Crippen molar-refractivity contribution in [1.29, 1.82) is 0 Å². The van der Waals surface area contributed by atoms with Crippen LogP contribution >= 0.6 is 0 Å². The second-order valence-electron chi connectivity index (χ2n) is 5.56. The minimum atomic E-state index is -0.232. The predicted molar refractivity (Wildman–Crippen MR) is 72.6 cm³/mol. The molecular formula is C13H27N3O2. The summed E-state index contributed by atoms with van der Waals surface area (Å²) in [6, 6.07) is -0.232. The molecule has 0 aliphatic carbocycles. The van der Waals surface area contributed by atoms with Crippen LogP contribution in [0.1, 0.15) is 20.8 Å². The van der Waals surface area contributed by atoms with E-state index in [1.165, 1.54) is 0 Å². The van der Waals surface area contributed by atoms with Gasteiger partial charge in [-0.25, -0.2) is 0 Å². The summed E-state index contributed by atoms with van der Waals surface area (Å²) in [4.78, 5) is 16.4. The normalized spacial score (nSPS) is 22.7. The van der Waals surface area contributed by atoms with Crippen LogP contribution in [0.5, 0.6) is 0 Å². The third-order valence-corrected chi connectivity index (χ3v) is 3.76. The van der Waals surface area contributed by atoms with Crippen LogP contribution in [-0.4, -0.2) is 74.2 Å². The van der Waals surface area contributed by atoms with Crippen LogP contribution in [-0.2, 0) is 9.53 Å². The van der Waals surface area contributed by atoms with E-state index in [0.29, 0.717) is 13.2 Å². The first-order chi connectivity index (χ1) is 8.40. The van der Waals surface area contributed by atoms with Gasteiger partial charge < -0.3 is 10.1 Å². The average Bonchev–Trinajstić information content (AvgIpc) is 2.30. The van der Waals surface area contributed by atoms with E-state index in [2.05, 4.69) is 36.0 Å². The maximum absolute atomic E-state index is 11.8. The average molecular weight is 257 g/mol. The zero-order chi connectivity index (χ0) is 13.8. The molecule has 0 aromatic carbocycles. The van der Waals surface area contributed by atoms with Crippen molar-refractivity contribution in [3.63, 3.8) is 0 Å². The smallest absolute Gasteiger partial charge is 0.324 e. The number of nitrogens with one attached hydrogen (secondary N) is 1. The molecule has 1 saturated heterocycles. The fourth-order valence-corrected chi connectivity index (χ4v) is 2.28. The number of piperazine rings is 1. The number of hydrogen-bond donors (Lipinski definition) is 1. The van der Waals surface area contributed by atoms with Crippen LogP contribution in [0.15, 0.2) is 0 Å². The van der Waals surface area contributed by atoms with Crippen molar-refractivity contribution in [2.24, 2.45) is 0 Å². The Bertz CT molecular complexity index is 281. The lowest BCUT2D eigenvalue weighted by Crippen LogP contribution is -2.60. The lowest BCUT2D eigenvalue weighted by Gasteiger charge is -2.45. The van der Waals surface area contributed by atoms with Gasteiger partial charge in [-0.3, -0.25) is 14.6 Å². The highest BCUT2D eigenvalue weighted by atomic mass is 16.5. The fraction of sp³-hybridized carbons (Fsp3) is 0.923. The maximum Gasteiger partial charge on any atom is 0.324 e. The molecule has 0 spiro atoms. The second-order valence-corrected chi connectivity index (χ2v) is 5.56. The first kappa shape index (κ1) is 15.4. The molecule has 1 aliphatic heterocycles. The van der Waals surface area contributed by atoms with Crippen molar-refractivity contribution < 1.29 is 9.53 Å². The molecule has 1 unspecified atom stereocenters. The van der Waals surface area contributed by atoms with Gasteiger partial charge in [0.05, 0.1) is 6.61 Å². The topological polar surface area (TPSA) is 44.8 Å². The maximum atomic E-state index is 11.8. The van der Waals surface area contributed by atoms with Crippen molar-refractivity contribution >= 4 is 5.97 Å². The molecule has 0 amide bonds. The van der Waals surface area contributed by atoms with E-state index in [1.54, 1.807) is 0 Å². The summed E-state index contributed by atoms with van der Waals surface area (Å²) in [5.74, 6) is -0.156. The Hall–Kier alpha value is -0.650. The number of carbonyl (C=O) groups excluding carboxylic acids is 1. The molecule has 0 aromatic rings. The van der Waals surface area contributed by atoms with E-state index < -0.39 is 0 Å². The van der Waals surface area contributed by atoms with Gasteiger partial charge in [0, 0.05) is 31.7 Å². The van der Waals surface area contributed by atoms with E-state index in [1.807, 2.05) is 14.0 Å². The van der Waals surface area contributed by atoms with Gasteiger partial charge in [0.15, 0.2) is 0 Å². The Morgan fingerprint density at radius 3 is 2.61 bits per heavy atom. The van der Waals surface area contributed by atoms with E-state index in [9.17, 15) is 4.79 Å². The Kier molecular flexibility index (Phi) is 5.56. The molecule has 18 heavy (non-hydrogen) atoms. The molecule has 0 saturated carbocycles. The summed E-state index contributed by atoms with van der Waals surface area (Å²) in [6.45, 7) is 10.5. The Balaban J connectivity index is 2.53. The monoisotopic (exact) mass is 257 g/mol. The molecule has 1 heterocycles. The molecule has 0 radical (unpaired) electrons. The molecule has 1 atom stereocenters. The summed E-state index contributed by atoms with van der Waals surface area (Å²) < 4.78 is 5.07. The van der Waals surface area contributed by atoms with E-state index in [0.717, 1.165) is 19.6 Å². The Morgan fingerprint density at radius 2 is 2.11 bits per heavy atom. The van der Waals surface area contributed by atoms with Crippen LogP contribution in [0.2, 0.25) is 0 Å². The first-order valence-electron chi connectivity index (χ1n) is 6.68. The summed E-state index contributed by atoms with van der Waals surface area (Å²) in [5, 5.41) is 3.04. The standard InChI is InChI=1S/C13H27N3O2/c1-6-18-12(17)11(14-4)9-16-8-7-15(5)13(2,3)10-16/h11,14H,6-10H2,1-5H3. The van der Waals surface area contributed by atoms with Crippen molar-refractivity contribution in [3.8, 4) is 0 Å². The highest BCUT2D eigenvalue weighted by Crippen LogP contribution is 2.18. The van der Waals surface area contributed by atoms with Crippen molar-refractivity contribution in [1.82, 2.24) is 15.1 Å². The summed E-state index contributed by atoms with van der Waals surface area (Å²) in [6.07, 6.45) is 0. The number of carbonyl (C=O) groups is 1. The minimum absolute atomic E-state index is 0.156. The fourth-order valence-electron chi connectivity index (χ4n) is 2.28. The summed E-state index contributed by atoms with van der Waals surface area (Å²) in [5.41, 5.74) is 0.158. The van der Waals surface area contributed by atoms with Gasteiger partial charge in [0.25, 0.3) is 0 Å². The highest BCUT2D eigenvalue weighted by molar-refractivity contribution is 5.76. The number of likely N-dealkylation sites (N-methyl/N-ethyl adjacent to an activating group) is 2. The Labute approximate surface area is 110 Å². The molecule has 0 aromatic heterocycles. The number of nitrogens with zero attached hydrogens (tertiary/aromatic N) is 2. The molecule has 1 N–H and O–H groups in total. The quantitative estimate of drug-likeness (QED) is 0.711. The van der Waals surface area contributed by atoms with Gasteiger partial charge in [-0.05, 0) is 34.9 Å². The largest absolute Gasteiger partial charge is 0.465 e. The van der Waals surface area contributed by atoms with Gasteiger partial charge in [-0.15, -0.1) is 0 Å². The van der Waals surface area contributed by atoms with Crippen molar-refractivity contribution in [2.75, 3.05) is 46.9 Å². The Morgan fingerprint density at radius 1 is 1.44 bits per heavy atom. The number of esters is 1. The SMILES string of the molecule is CCOC(=O)C(CN1CCN(C)C(C)(C)C1)NC. The highest BCUT2D eigenvalue weighted by Gasteiger charge is 2.32. The number of hydrogen-bond acceptors (Lipinski definition) is 5. The van der Waals surface area contributed by atoms with Crippen molar-refractivity contribution in [3.05, 3.63) is 0 Å². The predicted octanol–water partition coefficient (Wildman–Crippen LogP) is 0.164. The van der Waals surface area contributed by atoms with Crippen molar-refractivity contribution in [2.45, 2.75) is 32.4 Å². The molecule has 106 valence electrons. The van der Waals surface area contributed by atoms with Crippen LogP contribution in [0.25, 0.3) is 0 Å². The van der Waals surface area contributed by atoms with Gasteiger partial charge in [-0.1, -0.05) is 0 Å². The van der Waals surface area contributed by atoms with E-state index in [-0.39, 0.29) is 17.6 Å². The zero-order valence-electron chi connectivity index (χ0n) is 12.3. The van der Waals surface area contributed by atoms with Gasteiger partial charge in [-0.2, -0.15) is 0 Å². The van der Waals surface area contributed by atoms with Gasteiger partial charge >= 0.3 is 5.97 Å². The van der Waals surface area contributed by atoms with Gasteiger partial charge in [0.1, 0.15) is 6.04 Å².